The van der Waals surface area contributed by atoms with Gasteiger partial charge in [0.15, 0.2) is 0 Å². The maximum atomic E-state index is 12.9. The number of halogens is 3. The smallest absolute Gasteiger partial charge is 0.142 e. The molecule has 64 valence electrons. The summed E-state index contributed by atoms with van der Waals surface area (Å²) in [7, 11) is 0. The van der Waals surface area contributed by atoms with Crippen molar-refractivity contribution in [2.75, 3.05) is 0 Å². The molecule has 0 spiro atoms. The van der Waals surface area contributed by atoms with Gasteiger partial charge in [0.05, 0.1) is 10.6 Å². The quantitative estimate of drug-likeness (QED) is 0.565. The zero-order chi connectivity index (χ0) is 9.30. The van der Waals surface area contributed by atoms with E-state index in [9.17, 15) is 8.78 Å². The monoisotopic (exact) mass is 207 g/mol. The average Bonchev–Trinajstić information content (AvgIpc) is 1.97. The second kappa shape index (κ2) is 3.33. The topological polar surface area (TPSA) is 26.0 Å². The summed E-state index contributed by atoms with van der Waals surface area (Å²) in [4.78, 5) is -0.253. The molecule has 0 saturated carbocycles. The van der Waals surface area contributed by atoms with Gasteiger partial charge in [-0.1, -0.05) is 23.8 Å². The second-order valence-electron chi connectivity index (χ2n) is 2.08. The zero-order valence-corrected chi connectivity index (χ0v) is 7.35. The minimum Gasteiger partial charge on any atom is -0.389 e. The molecular formula is C7H4ClF2NS. The summed E-state index contributed by atoms with van der Waals surface area (Å²) >= 11 is 9.89. The van der Waals surface area contributed by atoms with Gasteiger partial charge in [0, 0.05) is 0 Å². The lowest BCUT2D eigenvalue weighted by molar-refractivity contribution is 0.598. The highest BCUT2D eigenvalue weighted by Gasteiger charge is 2.13. The standard InChI is InChI=1S/C7H4ClF2NS/c8-6-4(10)2-1-3(9)5(6)7(11)12/h1-2H,(H2,11,12). The molecule has 0 saturated heterocycles. The Bertz CT molecular complexity index is 340. The summed E-state index contributed by atoms with van der Waals surface area (Å²) in [6.07, 6.45) is 0. The van der Waals surface area contributed by atoms with Crippen LogP contribution in [-0.4, -0.2) is 4.99 Å². The summed E-state index contributed by atoms with van der Waals surface area (Å²) in [6, 6.07) is 1.84. The predicted octanol–water partition coefficient (Wildman–Crippen LogP) is 2.25. The van der Waals surface area contributed by atoms with Crippen LogP contribution < -0.4 is 5.73 Å². The van der Waals surface area contributed by atoms with Gasteiger partial charge < -0.3 is 5.73 Å². The molecule has 0 heterocycles. The van der Waals surface area contributed by atoms with Crippen molar-refractivity contribution in [3.05, 3.63) is 34.4 Å². The Hall–Kier alpha value is -0.740. The average molecular weight is 208 g/mol. The molecule has 0 aliphatic rings. The van der Waals surface area contributed by atoms with Crippen LogP contribution in [0.3, 0.4) is 0 Å². The Morgan fingerprint density at radius 3 is 2.25 bits per heavy atom. The van der Waals surface area contributed by atoms with Crippen LogP contribution in [0.4, 0.5) is 8.78 Å². The lowest BCUT2D eigenvalue weighted by Gasteiger charge is -2.03. The van der Waals surface area contributed by atoms with Crippen LogP contribution in [0.5, 0.6) is 0 Å². The minimum atomic E-state index is -0.735. The molecule has 1 aromatic rings. The summed E-state index contributed by atoms with van der Waals surface area (Å²) in [5.74, 6) is -1.45. The minimum absolute atomic E-state index is 0.244. The van der Waals surface area contributed by atoms with E-state index in [0.717, 1.165) is 12.1 Å². The van der Waals surface area contributed by atoms with E-state index in [4.69, 9.17) is 17.3 Å². The molecule has 1 nitrogen and oxygen atoms in total. The summed E-state index contributed by atoms with van der Waals surface area (Å²) < 4.78 is 25.6. The molecule has 0 bridgehead atoms. The number of nitrogens with two attached hydrogens (primary N) is 1. The van der Waals surface area contributed by atoms with E-state index < -0.39 is 11.6 Å². The first-order valence-corrected chi connectivity index (χ1v) is 3.76. The van der Waals surface area contributed by atoms with Crippen LogP contribution >= 0.6 is 23.8 Å². The van der Waals surface area contributed by atoms with Gasteiger partial charge in [0.1, 0.15) is 16.6 Å². The third-order valence-electron chi connectivity index (χ3n) is 1.29. The number of hydrogen-bond acceptors (Lipinski definition) is 1. The summed E-state index contributed by atoms with van der Waals surface area (Å²) in [6.45, 7) is 0. The van der Waals surface area contributed by atoms with Gasteiger partial charge in [-0.15, -0.1) is 0 Å². The Morgan fingerprint density at radius 1 is 1.33 bits per heavy atom. The Labute approximate surface area is 78.1 Å². The van der Waals surface area contributed by atoms with Crippen molar-refractivity contribution in [2.24, 2.45) is 5.73 Å². The number of hydrogen-bond donors (Lipinski definition) is 1. The highest BCUT2D eigenvalue weighted by molar-refractivity contribution is 7.80. The predicted molar refractivity (Wildman–Crippen MR) is 47.3 cm³/mol. The van der Waals surface area contributed by atoms with Gasteiger partial charge in [-0.25, -0.2) is 8.78 Å². The molecule has 12 heavy (non-hydrogen) atoms. The molecule has 5 heteroatoms. The van der Waals surface area contributed by atoms with Crippen molar-refractivity contribution >= 4 is 28.8 Å². The van der Waals surface area contributed by atoms with Gasteiger partial charge in [-0.3, -0.25) is 0 Å². The third-order valence-corrected chi connectivity index (χ3v) is 1.86. The van der Waals surface area contributed by atoms with Crippen molar-refractivity contribution < 1.29 is 8.78 Å². The molecule has 2 N–H and O–H groups in total. The molecule has 0 amide bonds. The van der Waals surface area contributed by atoms with Crippen LogP contribution in [0.25, 0.3) is 0 Å². The largest absolute Gasteiger partial charge is 0.389 e. The molecule has 0 atom stereocenters. The van der Waals surface area contributed by atoms with E-state index in [1.165, 1.54) is 0 Å². The molecule has 0 fully saturated rings. The van der Waals surface area contributed by atoms with Crippen molar-refractivity contribution in [3.8, 4) is 0 Å². The van der Waals surface area contributed by atoms with E-state index in [-0.39, 0.29) is 15.6 Å². The van der Waals surface area contributed by atoms with Gasteiger partial charge in [0.25, 0.3) is 0 Å². The second-order valence-corrected chi connectivity index (χ2v) is 2.90. The fourth-order valence-electron chi connectivity index (χ4n) is 0.753. The van der Waals surface area contributed by atoms with E-state index in [0.29, 0.717) is 0 Å². The summed E-state index contributed by atoms with van der Waals surface area (Å²) in [5, 5.41) is -0.373. The van der Waals surface area contributed by atoms with Gasteiger partial charge >= 0.3 is 0 Å². The highest BCUT2D eigenvalue weighted by Crippen LogP contribution is 2.22. The zero-order valence-electron chi connectivity index (χ0n) is 5.77. The first kappa shape index (κ1) is 9.35. The lowest BCUT2D eigenvalue weighted by atomic mass is 10.2. The fourth-order valence-corrected chi connectivity index (χ4v) is 1.26. The Kier molecular flexibility index (Phi) is 2.59. The molecule has 0 aromatic heterocycles. The van der Waals surface area contributed by atoms with E-state index in [1.54, 1.807) is 0 Å². The Morgan fingerprint density at radius 2 is 1.83 bits per heavy atom. The van der Waals surface area contributed by atoms with Crippen molar-refractivity contribution in [1.82, 2.24) is 0 Å². The van der Waals surface area contributed by atoms with Crippen molar-refractivity contribution in [1.29, 1.82) is 0 Å². The molecule has 1 aromatic carbocycles. The van der Waals surface area contributed by atoms with Crippen LogP contribution in [0, 0.1) is 11.6 Å². The van der Waals surface area contributed by atoms with Crippen LogP contribution in [0.2, 0.25) is 5.02 Å². The lowest BCUT2D eigenvalue weighted by Crippen LogP contribution is -2.13. The first-order chi connectivity index (χ1) is 5.54. The number of benzene rings is 1. The molecular weight excluding hydrogens is 204 g/mol. The molecule has 0 aliphatic heterocycles. The van der Waals surface area contributed by atoms with Crippen molar-refractivity contribution in [3.63, 3.8) is 0 Å². The third kappa shape index (κ3) is 1.54. The van der Waals surface area contributed by atoms with Gasteiger partial charge in [-0.2, -0.15) is 0 Å². The molecule has 0 radical (unpaired) electrons. The van der Waals surface area contributed by atoms with E-state index >= 15 is 0 Å². The molecule has 0 unspecified atom stereocenters. The maximum Gasteiger partial charge on any atom is 0.142 e. The number of thiocarbonyl (C=S) groups is 1. The van der Waals surface area contributed by atoms with Gasteiger partial charge in [0.2, 0.25) is 0 Å². The maximum absolute atomic E-state index is 12.9. The van der Waals surface area contributed by atoms with E-state index in [1.807, 2.05) is 0 Å². The van der Waals surface area contributed by atoms with Crippen LogP contribution in [0.15, 0.2) is 12.1 Å². The van der Waals surface area contributed by atoms with Crippen LogP contribution in [-0.2, 0) is 0 Å². The van der Waals surface area contributed by atoms with E-state index in [2.05, 4.69) is 12.2 Å². The van der Waals surface area contributed by atoms with Gasteiger partial charge in [-0.05, 0) is 12.1 Å². The number of rotatable bonds is 1. The molecule has 0 aliphatic carbocycles. The highest BCUT2D eigenvalue weighted by atomic mass is 35.5. The normalized spacial score (nSPS) is 9.92. The van der Waals surface area contributed by atoms with Crippen molar-refractivity contribution in [2.45, 2.75) is 0 Å². The fraction of sp³-hybridized carbons (Fsp3) is 0. The first-order valence-electron chi connectivity index (χ1n) is 2.97. The van der Waals surface area contributed by atoms with Crippen LogP contribution in [0.1, 0.15) is 5.56 Å². The summed E-state index contributed by atoms with van der Waals surface area (Å²) in [5.41, 5.74) is 4.88. The Balaban J connectivity index is 3.43. The molecule has 1 rings (SSSR count). The SMILES string of the molecule is NC(=S)c1c(F)ccc(F)c1Cl.